The summed E-state index contributed by atoms with van der Waals surface area (Å²) in [6.07, 6.45) is 4.26. The second-order valence-electron chi connectivity index (χ2n) is 4.83. The molecule has 3 nitrogen and oxygen atoms in total. The highest BCUT2D eigenvalue weighted by atomic mass is 16.5. The summed E-state index contributed by atoms with van der Waals surface area (Å²) >= 11 is 0. The molecule has 0 heterocycles. The Bertz CT molecular complexity index is 361. The number of ether oxygens (including phenoxy) is 1. The molecule has 2 aliphatic rings. The van der Waals surface area contributed by atoms with E-state index in [4.69, 9.17) is 4.74 Å². The highest BCUT2D eigenvalue weighted by molar-refractivity contribution is 5.97. The van der Waals surface area contributed by atoms with E-state index in [2.05, 4.69) is 0 Å². The van der Waals surface area contributed by atoms with Crippen LogP contribution >= 0.6 is 0 Å². The Kier molecular flexibility index (Phi) is 2.87. The fourth-order valence-electron chi connectivity index (χ4n) is 2.09. The molecule has 1 saturated carbocycles. The smallest absolute Gasteiger partial charge is 0.162 e. The molecule has 0 N–H and O–H groups in total. The number of rotatable bonds is 5. The summed E-state index contributed by atoms with van der Waals surface area (Å²) in [7, 11) is 0. The van der Waals surface area contributed by atoms with Crippen LogP contribution in [0.5, 0.6) is 0 Å². The zero-order chi connectivity index (χ0) is 11.8. The van der Waals surface area contributed by atoms with Gasteiger partial charge in [-0.3, -0.25) is 9.59 Å². The monoisotopic (exact) mass is 222 g/mol. The Hall–Kier alpha value is -1.12. The minimum atomic E-state index is -0.256. The molecule has 2 aliphatic carbocycles. The average Bonchev–Trinajstić information content (AvgIpc) is 2.95. The fourth-order valence-corrected chi connectivity index (χ4v) is 2.09. The minimum Gasteiger partial charge on any atom is -0.491 e. The van der Waals surface area contributed by atoms with Gasteiger partial charge in [0.05, 0.1) is 0 Å². The predicted octanol–water partition coefficient (Wildman–Crippen LogP) is 2.54. The van der Waals surface area contributed by atoms with Crippen molar-refractivity contribution in [2.24, 2.45) is 0 Å². The van der Waals surface area contributed by atoms with E-state index in [1.54, 1.807) is 0 Å². The summed E-state index contributed by atoms with van der Waals surface area (Å²) in [4.78, 5) is 22.8. The van der Waals surface area contributed by atoms with Crippen molar-refractivity contribution in [2.75, 3.05) is 0 Å². The molecule has 0 aromatic heterocycles. The van der Waals surface area contributed by atoms with Crippen molar-refractivity contribution in [3.05, 3.63) is 11.3 Å². The Balaban J connectivity index is 2.00. The molecule has 0 aromatic carbocycles. The number of hydrogen-bond donors (Lipinski definition) is 0. The Morgan fingerprint density at radius 3 is 2.50 bits per heavy atom. The van der Waals surface area contributed by atoms with Gasteiger partial charge in [-0.05, 0) is 19.8 Å². The van der Waals surface area contributed by atoms with Crippen molar-refractivity contribution in [1.29, 1.82) is 0 Å². The van der Waals surface area contributed by atoms with E-state index in [9.17, 15) is 9.59 Å². The van der Waals surface area contributed by atoms with Crippen LogP contribution in [0.4, 0.5) is 0 Å². The largest absolute Gasteiger partial charge is 0.491 e. The Labute approximate surface area is 95.9 Å². The first-order valence-electron chi connectivity index (χ1n) is 6.00. The summed E-state index contributed by atoms with van der Waals surface area (Å²) in [5.41, 5.74) is 0.504. The topological polar surface area (TPSA) is 43.4 Å². The third-order valence-corrected chi connectivity index (χ3v) is 3.48. The highest BCUT2D eigenvalue weighted by Crippen LogP contribution is 2.46. The van der Waals surface area contributed by atoms with Crippen molar-refractivity contribution in [3.63, 3.8) is 0 Å². The van der Waals surface area contributed by atoms with Crippen LogP contribution in [0.1, 0.15) is 52.4 Å². The quantitative estimate of drug-likeness (QED) is 0.718. The Morgan fingerprint density at radius 2 is 2.06 bits per heavy atom. The first kappa shape index (κ1) is 11.4. The van der Waals surface area contributed by atoms with Gasteiger partial charge in [0.15, 0.2) is 5.78 Å². The first-order valence-corrected chi connectivity index (χ1v) is 6.00. The van der Waals surface area contributed by atoms with Gasteiger partial charge in [0.25, 0.3) is 0 Å². The maximum absolute atomic E-state index is 11.4. The lowest BCUT2D eigenvalue weighted by Gasteiger charge is -2.18. The van der Waals surface area contributed by atoms with Gasteiger partial charge in [-0.2, -0.15) is 0 Å². The van der Waals surface area contributed by atoms with Gasteiger partial charge < -0.3 is 4.74 Å². The van der Waals surface area contributed by atoms with Crippen LogP contribution in [0, 0.1) is 0 Å². The van der Waals surface area contributed by atoms with Crippen LogP contribution in [-0.2, 0) is 14.3 Å². The summed E-state index contributed by atoms with van der Waals surface area (Å²) in [5, 5.41) is 0. The van der Waals surface area contributed by atoms with E-state index >= 15 is 0 Å². The molecule has 88 valence electrons. The zero-order valence-corrected chi connectivity index (χ0v) is 9.97. The maximum atomic E-state index is 11.4. The molecule has 0 amide bonds. The molecule has 1 fully saturated rings. The van der Waals surface area contributed by atoms with E-state index in [1.165, 1.54) is 0 Å². The molecule has 0 saturated heterocycles. The Morgan fingerprint density at radius 1 is 1.38 bits per heavy atom. The van der Waals surface area contributed by atoms with Gasteiger partial charge in [0, 0.05) is 31.3 Å². The van der Waals surface area contributed by atoms with E-state index in [-0.39, 0.29) is 17.2 Å². The van der Waals surface area contributed by atoms with Crippen LogP contribution in [0.15, 0.2) is 11.3 Å². The van der Waals surface area contributed by atoms with Gasteiger partial charge in [0.2, 0.25) is 0 Å². The molecule has 2 rings (SSSR count). The number of hydrogen-bond acceptors (Lipinski definition) is 3. The molecule has 0 unspecified atom stereocenters. The molecule has 0 bridgehead atoms. The standard InChI is InChI=1S/C13H18O3/c1-3-10(14)8-13(6-7-13)16-12-5-4-11(15)9(12)2/h3-8H2,1-2H3. The molecule has 0 aliphatic heterocycles. The van der Waals surface area contributed by atoms with E-state index < -0.39 is 0 Å². The van der Waals surface area contributed by atoms with Crippen LogP contribution in [0.25, 0.3) is 0 Å². The number of Topliss-reactive ketones (excluding diaryl/α,β-unsaturated/α-hetero) is 2. The second kappa shape index (κ2) is 4.04. The summed E-state index contributed by atoms with van der Waals surface area (Å²) in [6, 6.07) is 0. The highest BCUT2D eigenvalue weighted by Gasteiger charge is 2.47. The third kappa shape index (κ3) is 2.18. The number of carbonyl (C=O) groups is 2. The van der Waals surface area contributed by atoms with Crippen LogP contribution in [0.3, 0.4) is 0 Å². The fraction of sp³-hybridized carbons (Fsp3) is 0.692. The van der Waals surface area contributed by atoms with Crippen molar-refractivity contribution in [2.45, 2.75) is 58.0 Å². The van der Waals surface area contributed by atoms with Gasteiger partial charge in [-0.1, -0.05) is 6.92 Å². The van der Waals surface area contributed by atoms with Gasteiger partial charge in [-0.15, -0.1) is 0 Å². The molecule has 0 radical (unpaired) electrons. The lowest BCUT2D eigenvalue weighted by atomic mass is 10.1. The number of allylic oxidation sites excluding steroid dienone is 2. The molecule has 0 spiro atoms. The zero-order valence-electron chi connectivity index (χ0n) is 9.97. The van der Waals surface area contributed by atoms with Crippen LogP contribution < -0.4 is 0 Å². The van der Waals surface area contributed by atoms with E-state index in [0.717, 1.165) is 24.2 Å². The molecule has 3 heteroatoms. The van der Waals surface area contributed by atoms with Crippen molar-refractivity contribution in [1.82, 2.24) is 0 Å². The maximum Gasteiger partial charge on any atom is 0.162 e. The number of carbonyl (C=O) groups excluding carboxylic acids is 2. The molecule has 0 aromatic rings. The number of ketones is 2. The normalized spacial score (nSPS) is 22.5. The molecular weight excluding hydrogens is 204 g/mol. The van der Waals surface area contributed by atoms with Gasteiger partial charge in [0.1, 0.15) is 17.1 Å². The van der Waals surface area contributed by atoms with Crippen LogP contribution in [0.2, 0.25) is 0 Å². The van der Waals surface area contributed by atoms with Crippen molar-refractivity contribution >= 4 is 11.6 Å². The van der Waals surface area contributed by atoms with Gasteiger partial charge >= 0.3 is 0 Å². The van der Waals surface area contributed by atoms with Crippen molar-refractivity contribution in [3.8, 4) is 0 Å². The van der Waals surface area contributed by atoms with Crippen molar-refractivity contribution < 1.29 is 14.3 Å². The third-order valence-electron chi connectivity index (χ3n) is 3.48. The summed E-state index contributed by atoms with van der Waals surface area (Å²) < 4.78 is 5.90. The first-order chi connectivity index (χ1) is 7.56. The lowest BCUT2D eigenvalue weighted by Crippen LogP contribution is -2.18. The minimum absolute atomic E-state index is 0.188. The average molecular weight is 222 g/mol. The predicted molar refractivity (Wildman–Crippen MR) is 59.9 cm³/mol. The van der Waals surface area contributed by atoms with Gasteiger partial charge in [-0.25, -0.2) is 0 Å². The van der Waals surface area contributed by atoms with E-state index in [0.29, 0.717) is 25.7 Å². The van der Waals surface area contributed by atoms with E-state index in [1.807, 2.05) is 13.8 Å². The van der Waals surface area contributed by atoms with Crippen LogP contribution in [-0.4, -0.2) is 17.2 Å². The molecule has 0 atom stereocenters. The SMILES string of the molecule is CCC(=O)CC1(OC2=C(C)C(=O)CC2)CC1. The second-order valence-corrected chi connectivity index (χ2v) is 4.83. The molecule has 16 heavy (non-hydrogen) atoms. The lowest BCUT2D eigenvalue weighted by molar-refractivity contribution is -0.121. The molecular formula is C13H18O3. The summed E-state index contributed by atoms with van der Waals surface area (Å²) in [6.45, 7) is 3.70. The summed E-state index contributed by atoms with van der Waals surface area (Å²) in [5.74, 6) is 1.26.